The summed E-state index contributed by atoms with van der Waals surface area (Å²) in [5.74, 6) is -1.04. The summed E-state index contributed by atoms with van der Waals surface area (Å²) in [6.07, 6.45) is -2.36. The first-order valence-electron chi connectivity index (χ1n) is 17.2. The Morgan fingerprint density at radius 2 is 1.66 bits per heavy atom. The third-order valence-corrected chi connectivity index (χ3v) is 8.66. The summed E-state index contributed by atoms with van der Waals surface area (Å²) >= 11 is 0. The molecule has 5 rings (SSSR count). The predicted octanol–water partition coefficient (Wildman–Crippen LogP) is 2.60. The van der Waals surface area contributed by atoms with Crippen LogP contribution in [0.4, 0.5) is 18.9 Å². The standard InChI is InChI=1S/C19H21F3N6O2.C18H25N3O2/c1-2-28-16(26-13-6-4-3-5-7-13)12(11-23)10-15(18(28)30)27-17(29)14(24)8-9-25-19(20,21)22;1-15(18(22)19-11-16-5-3-2-4-6-16)12-20-7-9-21(10-8-20)17-13-23-14-17/h3-9,11,15H,2,10,23-24H2,1H3,(H,27,29);2-6,17H,1,7-14H2,(H,19,22)/b12-11-,14-8-,25-9+,26-16?;. The molecule has 0 aromatic heterocycles. The van der Waals surface area contributed by atoms with Gasteiger partial charge in [-0.15, -0.1) is 13.2 Å². The second kappa shape index (κ2) is 19.5. The molecule has 53 heavy (non-hydrogen) atoms. The summed E-state index contributed by atoms with van der Waals surface area (Å²) in [6.45, 7) is 13.0. The Morgan fingerprint density at radius 1 is 1.02 bits per heavy atom. The highest BCUT2D eigenvalue weighted by molar-refractivity contribution is 6.13. The number of hydrogen-bond donors (Lipinski definition) is 4. The third-order valence-electron chi connectivity index (χ3n) is 8.66. The molecular weight excluding hydrogens is 691 g/mol. The number of allylic oxidation sites excluding steroid dienone is 1. The van der Waals surface area contributed by atoms with Gasteiger partial charge in [-0.3, -0.25) is 29.1 Å². The fraction of sp³-hybridized carbons (Fsp3) is 0.378. The molecule has 3 saturated heterocycles. The minimum absolute atomic E-state index is 0.0488. The lowest BCUT2D eigenvalue weighted by molar-refractivity contribution is -0.132. The van der Waals surface area contributed by atoms with Crippen LogP contribution in [-0.4, -0.2) is 115 Å². The van der Waals surface area contributed by atoms with E-state index in [4.69, 9.17) is 16.2 Å². The lowest BCUT2D eigenvalue weighted by atomic mass is 9.98. The average molecular weight is 738 g/mol. The summed E-state index contributed by atoms with van der Waals surface area (Å²) in [7, 11) is 0. The number of likely N-dealkylation sites (N-methyl/N-ethyl adjacent to an activating group) is 1. The minimum Gasteiger partial charge on any atom is -0.404 e. The zero-order valence-electron chi connectivity index (χ0n) is 29.6. The summed E-state index contributed by atoms with van der Waals surface area (Å²) in [6, 6.07) is 18.5. The largest absolute Gasteiger partial charge is 0.503 e. The van der Waals surface area contributed by atoms with Crippen LogP contribution >= 0.6 is 0 Å². The van der Waals surface area contributed by atoms with E-state index in [-0.39, 0.29) is 18.9 Å². The van der Waals surface area contributed by atoms with Crippen LogP contribution in [0.2, 0.25) is 0 Å². The Morgan fingerprint density at radius 3 is 2.23 bits per heavy atom. The molecule has 3 aliphatic heterocycles. The van der Waals surface area contributed by atoms with Crippen molar-refractivity contribution in [3.05, 3.63) is 102 Å². The molecule has 13 nitrogen and oxygen atoms in total. The quantitative estimate of drug-likeness (QED) is 0.155. The first-order chi connectivity index (χ1) is 25.4. The number of amides is 3. The van der Waals surface area contributed by atoms with Crippen molar-refractivity contribution < 1.29 is 32.3 Å². The van der Waals surface area contributed by atoms with Crippen LogP contribution < -0.4 is 22.1 Å². The number of carbonyl (C=O) groups excluding carboxylic acids is 3. The fourth-order valence-corrected chi connectivity index (χ4v) is 5.67. The lowest BCUT2D eigenvalue weighted by Gasteiger charge is -2.42. The summed E-state index contributed by atoms with van der Waals surface area (Å²) in [5, 5.41) is 5.35. The molecule has 6 N–H and O–H groups in total. The molecule has 3 heterocycles. The van der Waals surface area contributed by atoms with Gasteiger partial charge in [0, 0.05) is 75.8 Å². The van der Waals surface area contributed by atoms with Gasteiger partial charge in [0.05, 0.1) is 30.6 Å². The van der Waals surface area contributed by atoms with Gasteiger partial charge >= 0.3 is 6.30 Å². The third kappa shape index (κ3) is 12.4. The van der Waals surface area contributed by atoms with Crippen molar-refractivity contribution in [1.29, 1.82) is 0 Å². The van der Waals surface area contributed by atoms with Crippen LogP contribution in [0, 0.1) is 0 Å². The van der Waals surface area contributed by atoms with Crippen LogP contribution in [0.25, 0.3) is 0 Å². The van der Waals surface area contributed by atoms with Gasteiger partial charge in [-0.25, -0.2) is 4.99 Å². The molecule has 3 amide bonds. The number of nitrogens with zero attached hydrogens (tertiary/aromatic N) is 5. The molecule has 1 unspecified atom stereocenters. The summed E-state index contributed by atoms with van der Waals surface area (Å²) in [4.78, 5) is 50.1. The number of nitrogens with two attached hydrogens (primary N) is 2. The van der Waals surface area contributed by atoms with Crippen molar-refractivity contribution >= 4 is 35.5 Å². The van der Waals surface area contributed by atoms with Crippen molar-refractivity contribution in [2.45, 2.75) is 38.3 Å². The highest BCUT2D eigenvalue weighted by Crippen LogP contribution is 2.23. The average Bonchev–Trinajstić information content (AvgIpc) is 3.12. The predicted molar refractivity (Wildman–Crippen MR) is 197 cm³/mol. The molecule has 16 heteroatoms. The molecule has 0 aliphatic carbocycles. The number of para-hydroxylation sites is 1. The summed E-state index contributed by atoms with van der Waals surface area (Å²) < 4.78 is 41.4. The smallest absolute Gasteiger partial charge is 0.404 e. The number of ether oxygens (including phenoxy) is 1. The van der Waals surface area contributed by atoms with Gasteiger partial charge in [0.25, 0.3) is 11.8 Å². The Bertz CT molecular complexity index is 1690. The molecular formula is C37H46F3N9O4. The molecule has 3 aliphatic rings. The first kappa shape index (κ1) is 40.5. The maximum atomic E-state index is 12.8. The highest BCUT2D eigenvalue weighted by Gasteiger charge is 2.36. The van der Waals surface area contributed by atoms with E-state index in [9.17, 15) is 27.6 Å². The number of halogens is 3. The molecule has 1 atom stereocenters. The number of likely N-dealkylation sites (tertiary alicyclic amines) is 1. The van der Waals surface area contributed by atoms with Gasteiger partial charge < -0.3 is 26.8 Å². The number of piperidine rings is 1. The van der Waals surface area contributed by atoms with E-state index >= 15 is 0 Å². The zero-order valence-corrected chi connectivity index (χ0v) is 29.6. The number of hydrogen-bond acceptors (Lipinski definition) is 10. The maximum Gasteiger partial charge on any atom is 0.503 e. The number of piperazine rings is 1. The summed E-state index contributed by atoms with van der Waals surface area (Å²) in [5.41, 5.74) is 13.5. The number of rotatable bonds is 11. The Kier molecular flexibility index (Phi) is 14.9. The number of carbonyl (C=O) groups is 3. The molecule has 2 aromatic rings. The number of benzene rings is 2. The minimum atomic E-state index is -4.77. The van der Waals surface area contributed by atoms with E-state index in [1.54, 1.807) is 31.2 Å². The van der Waals surface area contributed by atoms with E-state index in [1.807, 2.05) is 36.4 Å². The van der Waals surface area contributed by atoms with E-state index in [0.29, 0.717) is 54.1 Å². The topological polar surface area (TPSA) is 171 Å². The Balaban J connectivity index is 0.000000244. The van der Waals surface area contributed by atoms with Gasteiger partial charge in [0.1, 0.15) is 11.9 Å². The van der Waals surface area contributed by atoms with E-state index in [1.165, 1.54) is 11.1 Å². The maximum absolute atomic E-state index is 12.8. The molecule has 0 bridgehead atoms. The molecule has 3 fully saturated rings. The molecule has 2 aromatic carbocycles. The highest BCUT2D eigenvalue weighted by atomic mass is 19.4. The first-order valence-corrected chi connectivity index (χ1v) is 17.2. The van der Waals surface area contributed by atoms with Crippen molar-refractivity contribution in [3.8, 4) is 0 Å². The monoisotopic (exact) mass is 737 g/mol. The van der Waals surface area contributed by atoms with Crippen molar-refractivity contribution in [3.63, 3.8) is 0 Å². The normalized spacial score (nSPS) is 20.5. The molecule has 0 radical (unpaired) electrons. The van der Waals surface area contributed by atoms with Gasteiger partial charge in [-0.2, -0.15) is 4.99 Å². The fourth-order valence-electron chi connectivity index (χ4n) is 5.67. The number of amidine groups is 1. The van der Waals surface area contributed by atoms with Gasteiger partial charge in [0.15, 0.2) is 0 Å². The lowest BCUT2D eigenvalue weighted by Crippen LogP contribution is -2.56. The van der Waals surface area contributed by atoms with Gasteiger partial charge in [0.2, 0.25) is 5.91 Å². The number of alkyl halides is 3. The van der Waals surface area contributed by atoms with Crippen LogP contribution in [0.5, 0.6) is 0 Å². The van der Waals surface area contributed by atoms with E-state index in [2.05, 4.69) is 37.0 Å². The SMILES string of the molecule is C=C(CN1CCN(C2COC2)CC1)C(=O)NCc1ccccc1.CCN1C(=O)C(NC(=O)/C(N)=C/C=N/C(F)(F)F)C/C(=C/N)C1=Nc1ccccc1. The molecule has 284 valence electrons. The van der Waals surface area contributed by atoms with E-state index in [0.717, 1.165) is 45.0 Å². The molecule has 0 saturated carbocycles. The van der Waals surface area contributed by atoms with Crippen molar-refractivity contribution in [1.82, 2.24) is 25.3 Å². The van der Waals surface area contributed by atoms with Crippen LogP contribution in [-0.2, 0) is 25.7 Å². The van der Waals surface area contributed by atoms with Crippen LogP contribution in [0.3, 0.4) is 0 Å². The second-order valence-corrected chi connectivity index (χ2v) is 12.4. The van der Waals surface area contributed by atoms with E-state index < -0.39 is 29.9 Å². The van der Waals surface area contributed by atoms with Crippen molar-refractivity contribution in [2.24, 2.45) is 21.5 Å². The van der Waals surface area contributed by atoms with Gasteiger partial charge in [-0.05, 0) is 30.7 Å². The van der Waals surface area contributed by atoms with Crippen LogP contribution in [0.15, 0.2) is 106 Å². The van der Waals surface area contributed by atoms with Crippen LogP contribution in [0.1, 0.15) is 18.9 Å². The number of aliphatic imine (C=N–C) groups is 2. The number of nitrogens with one attached hydrogen (secondary N) is 2. The second-order valence-electron chi connectivity index (χ2n) is 12.4. The molecule has 0 spiro atoms. The Labute approximate surface area is 306 Å². The van der Waals surface area contributed by atoms with Gasteiger partial charge in [-0.1, -0.05) is 55.1 Å². The zero-order chi connectivity index (χ0) is 38.4. The van der Waals surface area contributed by atoms with Crippen molar-refractivity contribution in [2.75, 3.05) is 52.5 Å². The Hall–Kier alpha value is -5.32.